The molecule has 9 heteroatoms. The molecule has 1 aromatic heterocycles. The minimum absolute atomic E-state index is 0.111. The Kier molecular flexibility index (Phi) is 7.30. The number of benzene rings is 2. The first-order valence-electron chi connectivity index (χ1n) is 9.77. The molecule has 0 radical (unpaired) electrons. The van der Waals surface area contributed by atoms with Gasteiger partial charge in [0.2, 0.25) is 11.0 Å². The number of ether oxygens (including phenoxy) is 1. The molecule has 0 aliphatic carbocycles. The number of nitrogens with zero attached hydrogens (tertiary/aromatic N) is 2. The summed E-state index contributed by atoms with van der Waals surface area (Å²) in [6.45, 7) is 3.75. The van der Waals surface area contributed by atoms with Gasteiger partial charge in [-0.3, -0.25) is 14.9 Å². The summed E-state index contributed by atoms with van der Waals surface area (Å²) in [5.74, 6) is -1.22. The number of carbonyl (C=O) groups excluding carboxylic acids is 2. The molecule has 7 nitrogen and oxygen atoms in total. The van der Waals surface area contributed by atoms with Crippen LogP contribution in [0.15, 0.2) is 48.5 Å². The second-order valence-electron chi connectivity index (χ2n) is 6.95. The van der Waals surface area contributed by atoms with E-state index in [-0.39, 0.29) is 11.5 Å². The first-order valence-corrected chi connectivity index (χ1v) is 10.6. The van der Waals surface area contributed by atoms with E-state index >= 15 is 0 Å². The molecule has 3 aromatic rings. The standard InChI is InChI=1S/C22H23FN4O3S/c1-4-13(2)18(24-19(28)16-10-5-6-11-17(16)23)20(29)25-22-27-26-21(31-22)14-8-7-9-15(12-14)30-3/h5-13,18H,4H2,1-3H3,(H,24,28)(H,25,27,29). The maximum Gasteiger partial charge on any atom is 0.254 e. The molecule has 162 valence electrons. The minimum atomic E-state index is -0.860. The van der Waals surface area contributed by atoms with Crippen molar-refractivity contribution < 1.29 is 18.7 Å². The van der Waals surface area contributed by atoms with E-state index in [4.69, 9.17) is 4.74 Å². The monoisotopic (exact) mass is 442 g/mol. The Labute approximate surface area is 183 Å². The van der Waals surface area contributed by atoms with Gasteiger partial charge in [-0.1, -0.05) is 55.9 Å². The van der Waals surface area contributed by atoms with Crippen molar-refractivity contribution in [1.82, 2.24) is 15.5 Å². The summed E-state index contributed by atoms with van der Waals surface area (Å²) in [5, 5.41) is 14.4. The predicted molar refractivity (Wildman–Crippen MR) is 118 cm³/mol. The van der Waals surface area contributed by atoms with Crippen LogP contribution in [0.4, 0.5) is 9.52 Å². The Bertz CT molecular complexity index is 1070. The van der Waals surface area contributed by atoms with Crippen molar-refractivity contribution in [3.63, 3.8) is 0 Å². The number of halogens is 1. The number of hydrogen-bond donors (Lipinski definition) is 2. The van der Waals surface area contributed by atoms with Crippen LogP contribution in [0.5, 0.6) is 5.75 Å². The molecule has 2 N–H and O–H groups in total. The number of methoxy groups -OCH3 is 1. The quantitative estimate of drug-likeness (QED) is 0.547. The van der Waals surface area contributed by atoms with E-state index in [2.05, 4.69) is 20.8 Å². The number of amides is 2. The van der Waals surface area contributed by atoms with Crippen molar-refractivity contribution in [3.8, 4) is 16.3 Å². The molecule has 0 fully saturated rings. The van der Waals surface area contributed by atoms with Crippen LogP contribution in [0.1, 0.15) is 30.6 Å². The van der Waals surface area contributed by atoms with Crippen molar-refractivity contribution in [3.05, 3.63) is 59.9 Å². The largest absolute Gasteiger partial charge is 0.497 e. The highest BCUT2D eigenvalue weighted by molar-refractivity contribution is 7.18. The third kappa shape index (κ3) is 5.43. The van der Waals surface area contributed by atoms with Gasteiger partial charge in [0.1, 0.15) is 22.6 Å². The summed E-state index contributed by atoms with van der Waals surface area (Å²) in [5.41, 5.74) is 0.698. The topological polar surface area (TPSA) is 93.2 Å². The predicted octanol–water partition coefficient (Wildman–Crippen LogP) is 4.14. The van der Waals surface area contributed by atoms with Gasteiger partial charge in [-0.05, 0) is 30.2 Å². The lowest BCUT2D eigenvalue weighted by atomic mass is 9.98. The van der Waals surface area contributed by atoms with Crippen molar-refractivity contribution in [1.29, 1.82) is 0 Å². The molecule has 0 aliphatic heterocycles. The molecule has 2 unspecified atom stereocenters. The molecule has 1 heterocycles. The highest BCUT2D eigenvalue weighted by Gasteiger charge is 2.28. The fourth-order valence-corrected chi connectivity index (χ4v) is 3.64. The Hall–Kier alpha value is -3.33. The molecule has 0 saturated heterocycles. The van der Waals surface area contributed by atoms with Crippen LogP contribution in [0.25, 0.3) is 10.6 Å². The fraction of sp³-hybridized carbons (Fsp3) is 0.273. The Balaban J connectivity index is 1.75. The van der Waals surface area contributed by atoms with Crippen LogP contribution in [0.3, 0.4) is 0 Å². The molecule has 0 saturated carbocycles. The number of nitrogens with one attached hydrogen (secondary N) is 2. The van der Waals surface area contributed by atoms with Gasteiger partial charge in [0.05, 0.1) is 12.7 Å². The van der Waals surface area contributed by atoms with Gasteiger partial charge >= 0.3 is 0 Å². The normalized spacial score (nSPS) is 12.6. The van der Waals surface area contributed by atoms with Crippen LogP contribution >= 0.6 is 11.3 Å². The molecular weight excluding hydrogens is 419 g/mol. The Morgan fingerprint density at radius 1 is 1.16 bits per heavy atom. The van der Waals surface area contributed by atoms with E-state index in [0.717, 1.165) is 5.56 Å². The second-order valence-corrected chi connectivity index (χ2v) is 7.93. The number of rotatable bonds is 8. The van der Waals surface area contributed by atoms with E-state index < -0.39 is 23.7 Å². The lowest BCUT2D eigenvalue weighted by molar-refractivity contribution is -0.119. The molecule has 2 amide bonds. The number of anilines is 1. The Morgan fingerprint density at radius 2 is 1.94 bits per heavy atom. The van der Waals surface area contributed by atoms with E-state index in [0.29, 0.717) is 22.3 Å². The highest BCUT2D eigenvalue weighted by Crippen LogP contribution is 2.29. The van der Waals surface area contributed by atoms with Gasteiger partial charge < -0.3 is 10.1 Å². The molecular formula is C22H23FN4O3S. The highest BCUT2D eigenvalue weighted by atomic mass is 32.1. The summed E-state index contributed by atoms with van der Waals surface area (Å²) in [6, 6.07) is 12.1. The Morgan fingerprint density at radius 3 is 2.65 bits per heavy atom. The third-order valence-electron chi connectivity index (χ3n) is 4.87. The first-order chi connectivity index (χ1) is 14.9. The number of carbonyl (C=O) groups is 2. The van der Waals surface area contributed by atoms with Crippen molar-refractivity contribution in [2.75, 3.05) is 12.4 Å². The second kappa shape index (κ2) is 10.1. The van der Waals surface area contributed by atoms with Gasteiger partial charge in [0.25, 0.3) is 5.91 Å². The maximum absolute atomic E-state index is 14.0. The average Bonchev–Trinajstić information content (AvgIpc) is 3.25. The molecule has 2 aromatic carbocycles. The van der Waals surface area contributed by atoms with E-state index in [1.165, 1.54) is 29.5 Å². The van der Waals surface area contributed by atoms with E-state index in [1.807, 2.05) is 38.1 Å². The SMILES string of the molecule is CCC(C)C(NC(=O)c1ccccc1F)C(=O)Nc1nnc(-c2cccc(OC)c2)s1. The summed E-state index contributed by atoms with van der Waals surface area (Å²) in [7, 11) is 1.58. The van der Waals surface area contributed by atoms with Gasteiger partial charge in [-0.25, -0.2) is 4.39 Å². The van der Waals surface area contributed by atoms with E-state index in [1.54, 1.807) is 13.2 Å². The minimum Gasteiger partial charge on any atom is -0.497 e. The van der Waals surface area contributed by atoms with Crippen LogP contribution in [0.2, 0.25) is 0 Å². The lowest BCUT2D eigenvalue weighted by Crippen LogP contribution is -2.47. The zero-order valence-corrected chi connectivity index (χ0v) is 18.2. The summed E-state index contributed by atoms with van der Waals surface area (Å²) in [6.07, 6.45) is 0.640. The van der Waals surface area contributed by atoms with Gasteiger partial charge in [0, 0.05) is 5.56 Å². The van der Waals surface area contributed by atoms with Crippen LogP contribution in [-0.2, 0) is 4.79 Å². The fourth-order valence-electron chi connectivity index (χ4n) is 2.90. The first kappa shape index (κ1) is 22.4. The van der Waals surface area contributed by atoms with Crippen LogP contribution in [0, 0.1) is 11.7 Å². The molecule has 0 spiro atoms. The average molecular weight is 443 g/mol. The third-order valence-corrected chi connectivity index (χ3v) is 5.76. The zero-order valence-electron chi connectivity index (χ0n) is 17.4. The van der Waals surface area contributed by atoms with Gasteiger partial charge in [-0.15, -0.1) is 10.2 Å². The summed E-state index contributed by atoms with van der Waals surface area (Å²) >= 11 is 1.21. The molecule has 0 bridgehead atoms. The van der Waals surface area contributed by atoms with Gasteiger partial charge in [-0.2, -0.15) is 0 Å². The maximum atomic E-state index is 14.0. The number of hydrogen-bond acceptors (Lipinski definition) is 6. The molecule has 3 rings (SSSR count). The molecule has 0 aliphatic rings. The number of aromatic nitrogens is 2. The van der Waals surface area contributed by atoms with Crippen molar-refractivity contribution in [2.45, 2.75) is 26.3 Å². The summed E-state index contributed by atoms with van der Waals surface area (Å²) in [4.78, 5) is 25.4. The van der Waals surface area contributed by atoms with Crippen molar-refractivity contribution in [2.24, 2.45) is 5.92 Å². The van der Waals surface area contributed by atoms with Gasteiger partial charge in [0.15, 0.2) is 0 Å². The van der Waals surface area contributed by atoms with Crippen molar-refractivity contribution >= 4 is 28.3 Å². The molecule has 2 atom stereocenters. The zero-order chi connectivity index (χ0) is 22.4. The summed E-state index contributed by atoms with van der Waals surface area (Å²) < 4.78 is 19.2. The molecule has 31 heavy (non-hydrogen) atoms. The van der Waals surface area contributed by atoms with E-state index in [9.17, 15) is 14.0 Å². The lowest BCUT2D eigenvalue weighted by Gasteiger charge is -2.23. The smallest absolute Gasteiger partial charge is 0.254 e. The van der Waals surface area contributed by atoms with Crippen LogP contribution in [-0.4, -0.2) is 35.2 Å². The van der Waals surface area contributed by atoms with Crippen LogP contribution < -0.4 is 15.4 Å².